The molecule has 1 aromatic heterocycles. The molecule has 5 heteroatoms. The Morgan fingerprint density at radius 2 is 2.40 bits per heavy atom. The highest BCUT2D eigenvalue weighted by atomic mass is 35.5. The van der Waals surface area contributed by atoms with Crippen LogP contribution in [0.1, 0.15) is 38.3 Å². The Balaban J connectivity index is 2.46. The SMILES string of the molecule is CC(C)c1csc(NC(=O)CCCCl)n1. The van der Waals surface area contributed by atoms with Crippen LogP contribution < -0.4 is 5.32 Å². The van der Waals surface area contributed by atoms with Gasteiger partial charge >= 0.3 is 0 Å². The molecule has 0 aliphatic carbocycles. The maximum absolute atomic E-state index is 11.3. The van der Waals surface area contributed by atoms with Crippen molar-refractivity contribution in [2.75, 3.05) is 11.2 Å². The molecule has 0 saturated heterocycles. The number of thiazole rings is 1. The van der Waals surface area contributed by atoms with Gasteiger partial charge in [0.1, 0.15) is 0 Å². The Kier molecular flexibility index (Phi) is 5.05. The van der Waals surface area contributed by atoms with Gasteiger partial charge in [0.15, 0.2) is 5.13 Å². The summed E-state index contributed by atoms with van der Waals surface area (Å²) in [4.78, 5) is 15.7. The lowest BCUT2D eigenvalue weighted by Crippen LogP contribution is -2.11. The Bertz CT molecular complexity index is 325. The van der Waals surface area contributed by atoms with Crippen molar-refractivity contribution in [2.24, 2.45) is 0 Å². The Morgan fingerprint density at radius 3 is 2.93 bits per heavy atom. The molecule has 0 aliphatic rings. The number of carbonyl (C=O) groups is 1. The van der Waals surface area contributed by atoms with Crippen molar-refractivity contribution in [1.82, 2.24) is 4.98 Å². The molecule has 0 unspecified atom stereocenters. The third-order valence-electron chi connectivity index (χ3n) is 1.90. The van der Waals surface area contributed by atoms with Gasteiger partial charge in [0.05, 0.1) is 5.69 Å². The number of nitrogens with zero attached hydrogens (tertiary/aromatic N) is 1. The average molecular weight is 247 g/mol. The topological polar surface area (TPSA) is 42.0 Å². The van der Waals surface area contributed by atoms with E-state index in [0.29, 0.717) is 29.8 Å². The van der Waals surface area contributed by atoms with E-state index in [9.17, 15) is 4.79 Å². The van der Waals surface area contributed by atoms with Crippen LogP contribution in [-0.2, 0) is 4.79 Å². The number of nitrogens with one attached hydrogen (secondary N) is 1. The van der Waals surface area contributed by atoms with Gasteiger partial charge in [-0.2, -0.15) is 0 Å². The van der Waals surface area contributed by atoms with E-state index in [-0.39, 0.29) is 5.91 Å². The number of hydrogen-bond donors (Lipinski definition) is 1. The summed E-state index contributed by atoms with van der Waals surface area (Å²) >= 11 is 6.96. The lowest BCUT2D eigenvalue weighted by Gasteiger charge is -2.00. The van der Waals surface area contributed by atoms with E-state index in [1.54, 1.807) is 0 Å². The van der Waals surface area contributed by atoms with E-state index in [2.05, 4.69) is 24.1 Å². The van der Waals surface area contributed by atoms with Gasteiger partial charge in [-0.15, -0.1) is 22.9 Å². The second-order valence-electron chi connectivity index (χ2n) is 3.57. The van der Waals surface area contributed by atoms with Crippen molar-refractivity contribution >= 4 is 34.0 Å². The molecule has 0 atom stereocenters. The minimum atomic E-state index is -0.0136. The average Bonchev–Trinajstić information content (AvgIpc) is 2.63. The van der Waals surface area contributed by atoms with Gasteiger partial charge in [0.2, 0.25) is 5.91 Å². The van der Waals surface area contributed by atoms with Gasteiger partial charge in [0, 0.05) is 17.7 Å². The zero-order valence-corrected chi connectivity index (χ0v) is 10.5. The van der Waals surface area contributed by atoms with Gasteiger partial charge in [-0.1, -0.05) is 13.8 Å². The first-order valence-corrected chi connectivity index (χ1v) is 6.36. The highest BCUT2D eigenvalue weighted by Gasteiger charge is 2.08. The number of halogens is 1. The third kappa shape index (κ3) is 4.18. The normalized spacial score (nSPS) is 10.7. The van der Waals surface area contributed by atoms with Crippen molar-refractivity contribution in [3.05, 3.63) is 11.1 Å². The fourth-order valence-corrected chi connectivity index (χ4v) is 2.04. The summed E-state index contributed by atoms with van der Waals surface area (Å²) in [5.41, 5.74) is 1.02. The molecule has 1 rings (SSSR count). The van der Waals surface area contributed by atoms with Crippen LogP contribution in [0.15, 0.2) is 5.38 Å². The quantitative estimate of drug-likeness (QED) is 0.811. The Morgan fingerprint density at radius 1 is 1.67 bits per heavy atom. The van der Waals surface area contributed by atoms with Crippen LogP contribution >= 0.6 is 22.9 Å². The fraction of sp³-hybridized carbons (Fsp3) is 0.600. The van der Waals surface area contributed by atoms with Gasteiger partial charge in [-0.05, 0) is 12.3 Å². The highest BCUT2D eigenvalue weighted by Crippen LogP contribution is 2.21. The predicted molar refractivity (Wildman–Crippen MR) is 64.8 cm³/mol. The van der Waals surface area contributed by atoms with Crippen molar-refractivity contribution in [2.45, 2.75) is 32.6 Å². The van der Waals surface area contributed by atoms with Gasteiger partial charge in [-0.3, -0.25) is 4.79 Å². The molecule has 0 saturated carbocycles. The summed E-state index contributed by atoms with van der Waals surface area (Å²) in [5.74, 6) is 0.901. The lowest BCUT2D eigenvalue weighted by atomic mass is 10.2. The number of amides is 1. The lowest BCUT2D eigenvalue weighted by molar-refractivity contribution is -0.116. The summed E-state index contributed by atoms with van der Waals surface area (Å²) in [7, 11) is 0. The molecule has 0 spiro atoms. The molecule has 1 heterocycles. The molecule has 1 aromatic rings. The number of rotatable bonds is 5. The zero-order chi connectivity index (χ0) is 11.3. The minimum absolute atomic E-state index is 0.0136. The number of aromatic nitrogens is 1. The molecule has 3 nitrogen and oxygen atoms in total. The van der Waals surface area contributed by atoms with Crippen LogP contribution in [0.3, 0.4) is 0 Å². The summed E-state index contributed by atoms with van der Waals surface area (Å²) in [6, 6.07) is 0. The molecule has 0 aromatic carbocycles. The molecule has 0 radical (unpaired) electrons. The molecule has 0 aliphatic heterocycles. The van der Waals surface area contributed by atoms with Crippen molar-refractivity contribution in [3.8, 4) is 0 Å². The summed E-state index contributed by atoms with van der Waals surface area (Å²) in [6.07, 6.45) is 1.16. The van der Waals surface area contributed by atoms with Crippen LogP contribution in [0, 0.1) is 0 Å². The molecule has 1 amide bonds. The van der Waals surface area contributed by atoms with Crippen LogP contribution in [0.5, 0.6) is 0 Å². The maximum Gasteiger partial charge on any atom is 0.226 e. The van der Waals surface area contributed by atoms with E-state index in [1.807, 2.05) is 5.38 Å². The van der Waals surface area contributed by atoms with Crippen LogP contribution in [-0.4, -0.2) is 16.8 Å². The van der Waals surface area contributed by atoms with Crippen molar-refractivity contribution < 1.29 is 4.79 Å². The van der Waals surface area contributed by atoms with Crippen LogP contribution in [0.2, 0.25) is 0 Å². The smallest absolute Gasteiger partial charge is 0.226 e. The summed E-state index contributed by atoms with van der Waals surface area (Å²) < 4.78 is 0. The van der Waals surface area contributed by atoms with E-state index in [1.165, 1.54) is 11.3 Å². The van der Waals surface area contributed by atoms with Gasteiger partial charge in [-0.25, -0.2) is 4.98 Å². The summed E-state index contributed by atoms with van der Waals surface area (Å²) in [6.45, 7) is 4.16. The van der Waals surface area contributed by atoms with E-state index >= 15 is 0 Å². The number of anilines is 1. The monoisotopic (exact) mass is 246 g/mol. The fourth-order valence-electron chi connectivity index (χ4n) is 1.02. The van der Waals surface area contributed by atoms with E-state index < -0.39 is 0 Å². The maximum atomic E-state index is 11.3. The van der Waals surface area contributed by atoms with Crippen LogP contribution in [0.25, 0.3) is 0 Å². The highest BCUT2D eigenvalue weighted by molar-refractivity contribution is 7.13. The third-order valence-corrected chi connectivity index (χ3v) is 2.94. The molecule has 0 fully saturated rings. The Hall–Kier alpha value is -0.610. The van der Waals surface area contributed by atoms with Crippen molar-refractivity contribution in [1.29, 1.82) is 0 Å². The minimum Gasteiger partial charge on any atom is -0.302 e. The second kappa shape index (κ2) is 6.08. The zero-order valence-electron chi connectivity index (χ0n) is 8.92. The van der Waals surface area contributed by atoms with Crippen LogP contribution in [0.4, 0.5) is 5.13 Å². The molecule has 84 valence electrons. The second-order valence-corrected chi connectivity index (χ2v) is 4.81. The van der Waals surface area contributed by atoms with Gasteiger partial charge < -0.3 is 5.32 Å². The molecule has 1 N–H and O–H groups in total. The largest absolute Gasteiger partial charge is 0.302 e. The predicted octanol–water partition coefficient (Wildman–Crippen LogP) is 3.22. The molecular formula is C10H15ClN2OS. The molecule has 0 bridgehead atoms. The van der Waals surface area contributed by atoms with E-state index in [4.69, 9.17) is 11.6 Å². The standard InChI is InChI=1S/C10H15ClN2OS/c1-7(2)8-6-15-10(12-8)13-9(14)4-3-5-11/h6-7H,3-5H2,1-2H3,(H,12,13,14). The number of alkyl halides is 1. The summed E-state index contributed by atoms with van der Waals surface area (Å²) in [5, 5.41) is 5.41. The molecule has 15 heavy (non-hydrogen) atoms. The van der Waals surface area contributed by atoms with Gasteiger partial charge in [0.25, 0.3) is 0 Å². The van der Waals surface area contributed by atoms with Crippen molar-refractivity contribution in [3.63, 3.8) is 0 Å². The van der Waals surface area contributed by atoms with E-state index in [0.717, 1.165) is 5.69 Å². The Labute approximate surface area is 98.9 Å². The first kappa shape index (κ1) is 12.5. The first-order valence-electron chi connectivity index (χ1n) is 4.94. The number of hydrogen-bond acceptors (Lipinski definition) is 3. The molecular weight excluding hydrogens is 232 g/mol. The number of carbonyl (C=O) groups excluding carboxylic acids is 1. The first-order chi connectivity index (χ1) is 7.13.